The third-order valence-corrected chi connectivity index (χ3v) is 3.37. The molecule has 0 amide bonds. The van der Waals surface area contributed by atoms with Crippen molar-refractivity contribution in [2.24, 2.45) is 5.92 Å². The summed E-state index contributed by atoms with van der Waals surface area (Å²) in [5, 5.41) is 13.2. The first-order valence-corrected chi connectivity index (χ1v) is 7.06. The van der Waals surface area contributed by atoms with Crippen molar-refractivity contribution in [1.29, 1.82) is 0 Å². The summed E-state index contributed by atoms with van der Waals surface area (Å²) < 4.78 is 0. The van der Waals surface area contributed by atoms with E-state index in [0.717, 1.165) is 17.9 Å². The lowest BCUT2D eigenvalue weighted by Gasteiger charge is -2.15. The molecule has 0 heterocycles. The molecule has 0 radical (unpaired) electrons. The second-order valence-electron chi connectivity index (χ2n) is 4.15. The summed E-state index contributed by atoms with van der Waals surface area (Å²) in [6.07, 6.45) is 1.72. The van der Waals surface area contributed by atoms with E-state index in [4.69, 9.17) is 0 Å². The molecule has 3 heteroatoms. The lowest BCUT2D eigenvalue weighted by molar-refractivity contribution is 0.173. The first-order valence-electron chi connectivity index (χ1n) is 5.66. The average molecular weight is 239 g/mol. The number of thioether (sulfide) groups is 1. The number of benzene rings is 1. The Morgan fingerprint density at radius 1 is 1.25 bits per heavy atom. The third kappa shape index (κ3) is 5.01. The maximum absolute atomic E-state index is 9.90. The normalized spacial score (nSPS) is 14.7. The zero-order valence-corrected chi connectivity index (χ0v) is 10.8. The van der Waals surface area contributed by atoms with E-state index < -0.39 is 6.10 Å². The standard InChI is InChI=1S/C13H21NOS/c1-11(10-16-2)8-14-9-13(15)12-6-4-3-5-7-12/h3-7,11,13-15H,8-10H2,1-2H3. The van der Waals surface area contributed by atoms with Crippen LogP contribution in [0.1, 0.15) is 18.6 Å². The molecule has 0 aliphatic carbocycles. The number of aliphatic hydroxyl groups is 1. The number of aliphatic hydroxyl groups excluding tert-OH is 1. The van der Waals surface area contributed by atoms with Crippen molar-refractivity contribution in [2.75, 3.05) is 25.1 Å². The van der Waals surface area contributed by atoms with E-state index >= 15 is 0 Å². The molecule has 0 aliphatic heterocycles. The highest BCUT2D eigenvalue weighted by molar-refractivity contribution is 7.98. The number of hydrogen-bond acceptors (Lipinski definition) is 3. The minimum absolute atomic E-state index is 0.400. The average Bonchev–Trinajstić information content (AvgIpc) is 2.30. The van der Waals surface area contributed by atoms with Crippen molar-refractivity contribution < 1.29 is 5.11 Å². The van der Waals surface area contributed by atoms with Gasteiger partial charge in [-0.15, -0.1) is 0 Å². The van der Waals surface area contributed by atoms with Crippen LogP contribution in [-0.4, -0.2) is 30.2 Å². The van der Waals surface area contributed by atoms with Crippen LogP contribution in [0.5, 0.6) is 0 Å². The summed E-state index contributed by atoms with van der Waals surface area (Å²) in [5.74, 6) is 1.81. The molecule has 2 nitrogen and oxygen atoms in total. The van der Waals surface area contributed by atoms with Crippen molar-refractivity contribution in [3.63, 3.8) is 0 Å². The van der Waals surface area contributed by atoms with Gasteiger partial charge in [0.15, 0.2) is 0 Å². The molecular formula is C13H21NOS. The summed E-state index contributed by atoms with van der Waals surface area (Å²) in [4.78, 5) is 0. The monoisotopic (exact) mass is 239 g/mol. The second-order valence-corrected chi connectivity index (χ2v) is 5.06. The predicted molar refractivity (Wildman–Crippen MR) is 71.8 cm³/mol. The minimum Gasteiger partial charge on any atom is -0.387 e. The molecule has 0 fully saturated rings. The molecule has 1 aromatic carbocycles. The SMILES string of the molecule is CSCC(C)CNCC(O)c1ccccc1. The van der Waals surface area contributed by atoms with Crippen LogP contribution in [0.2, 0.25) is 0 Å². The molecular weight excluding hydrogens is 218 g/mol. The number of nitrogens with one attached hydrogen (secondary N) is 1. The highest BCUT2D eigenvalue weighted by Crippen LogP contribution is 2.10. The maximum atomic E-state index is 9.90. The van der Waals surface area contributed by atoms with E-state index in [0.29, 0.717) is 12.5 Å². The molecule has 0 spiro atoms. The summed E-state index contributed by atoms with van der Waals surface area (Å²) in [7, 11) is 0. The van der Waals surface area contributed by atoms with Gasteiger partial charge in [0.25, 0.3) is 0 Å². The third-order valence-electron chi connectivity index (χ3n) is 2.47. The lowest BCUT2D eigenvalue weighted by Crippen LogP contribution is -2.27. The van der Waals surface area contributed by atoms with Crippen LogP contribution < -0.4 is 5.32 Å². The van der Waals surface area contributed by atoms with Gasteiger partial charge in [-0.1, -0.05) is 37.3 Å². The van der Waals surface area contributed by atoms with Gasteiger partial charge in [-0.3, -0.25) is 0 Å². The molecule has 0 bridgehead atoms. The van der Waals surface area contributed by atoms with Crippen molar-refractivity contribution in [1.82, 2.24) is 5.32 Å². The van der Waals surface area contributed by atoms with Gasteiger partial charge in [-0.25, -0.2) is 0 Å². The summed E-state index contributed by atoms with van der Waals surface area (Å²) in [6.45, 7) is 3.81. The van der Waals surface area contributed by atoms with Crippen LogP contribution >= 0.6 is 11.8 Å². The number of rotatable bonds is 7. The fourth-order valence-electron chi connectivity index (χ4n) is 1.60. The van der Waals surface area contributed by atoms with Gasteiger partial charge < -0.3 is 10.4 Å². The Hall–Kier alpha value is -0.510. The highest BCUT2D eigenvalue weighted by Gasteiger charge is 2.07. The van der Waals surface area contributed by atoms with Gasteiger partial charge in [0.2, 0.25) is 0 Å². The Morgan fingerprint density at radius 3 is 2.56 bits per heavy atom. The molecule has 1 aromatic rings. The first kappa shape index (κ1) is 13.6. The quantitative estimate of drug-likeness (QED) is 0.766. The van der Waals surface area contributed by atoms with Gasteiger partial charge >= 0.3 is 0 Å². The van der Waals surface area contributed by atoms with Gasteiger partial charge in [0.1, 0.15) is 0 Å². The molecule has 2 unspecified atom stereocenters. The minimum atomic E-state index is -0.400. The Morgan fingerprint density at radius 2 is 1.94 bits per heavy atom. The lowest BCUT2D eigenvalue weighted by atomic mass is 10.1. The molecule has 0 saturated heterocycles. The summed E-state index contributed by atoms with van der Waals surface area (Å²) >= 11 is 1.86. The smallest absolute Gasteiger partial charge is 0.0914 e. The molecule has 0 aromatic heterocycles. The van der Waals surface area contributed by atoms with Gasteiger partial charge in [0.05, 0.1) is 6.10 Å². The summed E-state index contributed by atoms with van der Waals surface area (Å²) in [6, 6.07) is 9.78. The Labute approximate surface area is 102 Å². The van der Waals surface area contributed by atoms with Gasteiger partial charge in [-0.2, -0.15) is 11.8 Å². The van der Waals surface area contributed by atoms with Crippen molar-refractivity contribution in [2.45, 2.75) is 13.0 Å². The first-order chi connectivity index (χ1) is 7.74. The zero-order valence-electron chi connectivity index (χ0n) is 10.0. The predicted octanol–water partition coefficient (Wildman–Crippen LogP) is 2.31. The van der Waals surface area contributed by atoms with Crippen LogP contribution in [0.15, 0.2) is 30.3 Å². The van der Waals surface area contributed by atoms with Crippen LogP contribution in [0.3, 0.4) is 0 Å². The van der Waals surface area contributed by atoms with Crippen molar-refractivity contribution >= 4 is 11.8 Å². The van der Waals surface area contributed by atoms with E-state index in [1.165, 1.54) is 0 Å². The van der Waals surface area contributed by atoms with E-state index in [2.05, 4.69) is 18.5 Å². The van der Waals surface area contributed by atoms with Gasteiger partial charge in [0, 0.05) is 6.54 Å². The van der Waals surface area contributed by atoms with Crippen LogP contribution in [0, 0.1) is 5.92 Å². The molecule has 1 rings (SSSR count). The molecule has 2 atom stereocenters. The van der Waals surface area contributed by atoms with E-state index in [-0.39, 0.29) is 0 Å². The molecule has 2 N–H and O–H groups in total. The van der Waals surface area contributed by atoms with Crippen LogP contribution in [0.4, 0.5) is 0 Å². The zero-order chi connectivity index (χ0) is 11.8. The largest absolute Gasteiger partial charge is 0.387 e. The van der Waals surface area contributed by atoms with E-state index in [1.807, 2.05) is 42.1 Å². The van der Waals surface area contributed by atoms with E-state index in [9.17, 15) is 5.11 Å². The number of hydrogen-bond donors (Lipinski definition) is 2. The fraction of sp³-hybridized carbons (Fsp3) is 0.538. The Kier molecular flexibility index (Phi) is 6.53. The van der Waals surface area contributed by atoms with E-state index in [1.54, 1.807) is 0 Å². The topological polar surface area (TPSA) is 32.3 Å². The second kappa shape index (κ2) is 7.71. The van der Waals surface area contributed by atoms with Gasteiger partial charge in [-0.05, 0) is 30.0 Å². The molecule has 16 heavy (non-hydrogen) atoms. The molecule has 0 aliphatic rings. The Bertz CT molecular complexity index is 279. The van der Waals surface area contributed by atoms with Crippen molar-refractivity contribution in [3.8, 4) is 0 Å². The molecule has 90 valence electrons. The highest BCUT2D eigenvalue weighted by atomic mass is 32.2. The summed E-state index contributed by atoms with van der Waals surface area (Å²) in [5.41, 5.74) is 0.979. The van der Waals surface area contributed by atoms with Crippen LogP contribution in [-0.2, 0) is 0 Å². The van der Waals surface area contributed by atoms with Crippen molar-refractivity contribution in [3.05, 3.63) is 35.9 Å². The maximum Gasteiger partial charge on any atom is 0.0914 e. The fourth-order valence-corrected chi connectivity index (χ4v) is 2.29. The Balaban J connectivity index is 2.23. The van der Waals surface area contributed by atoms with Crippen LogP contribution in [0.25, 0.3) is 0 Å². The molecule has 0 saturated carbocycles.